The molecular weight excluding hydrogens is 488 g/mol. The molecule has 0 saturated carbocycles. The summed E-state index contributed by atoms with van der Waals surface area (Å²) in [6, 6.07) is 16.0. The lowest BCUT2D eigenvalue weighted by Crippen LogP contribution is -2.13. The average Bonchev–Trinajstić information content (AvgIpc) is 2.91. The van der Waals surface area contributed by atoms with Crippen molar-refractivity contribution < 1.29 is 38.0 Å². The lowest BCUT2D eigenvalue weighted by molar-refractivity contribution is -0.141. The van der Waals surface area contributed by atoms with Crippen molar-refractivity contribution in [1.82, 2.24) is 0 Å². The Balaban J connectivity index is 1.64. The lowest BCUT2D eigenvalue weighted by atomic mass is 9.93. The second-order valence-electron chi connectivity index (χ2n) is 8.61. The van der Waals surface area contributed by atoms with Crippen molar-refractivity contribution in [2.24, 2.45) is 0 Å². The van der Waals surface area contributed by atoms with Crippen LogP contribution in [-0.4, -0.2) is 64.8 Å². The molecular formula is C30H38O8. The number of hydrogen-bond donors (Lipinski definition) is 0. The van der Waals surface area contributed by atoms with E-state index in [0.717, 1.165) is 11.5 Å². The van der Waals surface area contributed by atoms with E-state index in [1.807, 2.05) is 48.5 Å². The summed E-state index contributed by atoms with van der Waals surface area (Å²) in [5, 5.41) is 0. The first kappa shape index (κ1) is 30.6. The molecule has 206 valence electrons. The predicted molar refractivity (Wildman–Crippen MR) is 145 cm³/mol. The minimum absolute atomic E-state index is 0.191. The fraction of sp³-hybridized carbons (Fsp3) is 0.400. The van der Waals surface area contributed by atoms with Crippen LogP contribution < -0.4 is 9.47 Å². The van der Waals surface area contributed by atoms with E-state index in [4.69, 9.17) is 28.4 Å². The van der Waals surface area contributed by atoms with Gasteiger partial charge in [-0.05, 0) is 49.2 Å². The molecule has 0 atom stereocenters. The number of hydrogen-bond acceptors (Lipinski definition) is 8. The van der Waals surface area contributed by atoms with Gasteiger partial charge in [-0.15, -0.1) is 0 Å². The smallest absolute Gasteiger partial charge is 0.333 e. The fourth-order valence-corrected chi connectivity index (χ4v) is 3.17. The highest BCUT2D eigenvalue weighted by Crippen LogP contribution is 2.27. The van der Waals surface area contributed by atoms with Crippen LogP contribution in [0, 0.1) is 0 Å². The molecule has 0 radical (unpaired) electrons. The van der Waals surface area contributed by atoms with Crippen LogP contribution in [0.5, 0.6) is 11.5 Å². The Morgan fingerprint density at radius 2 is 0.947 bits per heavy atom. The maximum Gasteiger partial charge on any atom is 0.333 e. The molecule has 0 aliphatic heterocycles. The molecule has 0 N–H and O–H groups in total. The second kappa shape index (κ2) is 17.0. The fourth-order valence-electron chi connectivity index (χ4n) is 3.17. The maximum atomic E-state index is 11.3. The highest BCUT2D eigenvalue weighted by atomic mass is 16.6. The van der Waals surface area contributed by atoms with E-state index in [9.17, 15) is 9.59 Å². The van der Waals surface area contributed by atoms with E-state index in [-0.39, 0.29) is 19.1 Å². The van der Waals surface area contributed by atoms with E-state index in [1.165, 1.54) is 11.1 Å². The predicted octanol–water partition coefficient (Wildman–Crippen LogP) is 4.87. The van der Waals surface area contributed by atoms with Crippen molar-refractivity contribution in [3.8, 4) is 11.5 Å². The van der Waals surface area contributed by atoms with Gasteiger partial charge in [0.1, 0.15) is 37.9 Å². The Hall–Kier alpha value is -3.62. The van der Waals surface area contributed by atoms with Gasteiger partial charge in [0.15, 0.2) is 0 Å². The van der Waals surface area contributed by atoms with Crippen molar-refractivity contribution in [2.45, 2.75) is 26.7 Å². The van der Waals surface area contributed by atoms with Gasteiger partial charge in [0.2, 0.25) is 0 Å². The van der Waals surface area contributed by atoms with Crippen LogP contribution in [-0.2, 0) is 28.5 Å². The minimum atomic E-state index is -0.414. The molecule has 2 rings (SSSR count). The van der Waals surface area contributed by atoms with Gasteiger partial charge in [-0.2, -0.15) is 0 Å². The van der Waals surface area contributed by atoms with Gasteiger partial charge >= 0.3 is 11.9 Å². The van der Waals surface area contributed by atoms with Crippen LogP contribution in [0.3, 0.4) is 0 Å². The number of esters is 2. The first-order valence-corrected chi connectivity index (χ1v) is 12.5. The molecule has 0 aromatic heterocycles. The first-order chi connectivity index (χ1) is 18.3. The molecule has 8 nitrogen and oxygen atoms in total. The quantitative estimate of drug-likeness (QED) is 0.154. The normalized spacial score (nSPS) is 10.6. The van der Waals surface area contributed by atoms with E-state index < -0.39 is 11.9 Å². The third-order valence-corrected chi connectivity index (χ3v) is 5.37. The van der Waals surface area contributed by atoms with Gasteiger partial charge in [0.25, 0.3) is 0 Å². The zero-order valence-electron chi connectivity index (χ0n) is 22.5. The van der Waals surface area contributed by atoms with E-state index in [2.05, 4.69) is 20.1 Å². The summed E-state index contributed by atoms with van der Waals surface area (Å²) in [7, 11) is 0. The van der Waals surface area contributed by atoms with Gasteiger partial charge in [0, 0.05) is 17.1 Å². The Morgan fingerprint density at radius 3 is 1.29 bits per heavy atom. The molecule has 8 heteroatoms. The molecule has 0 bridgehead atoms. The van der Waals surface area contributed by atoms with Crippen LogP contribution in [0.1, 0.15) is 37.8 Å². The summed E-state index contributed by atoms with van der Waals surface area (Å²) < 4.78 is 32.2. The van der Waals surface area contributed by atoms with Gasteiger partial charge in [-0.1, -0.05) is 44.3 Å². The number of carbonyl (C=O) groups is 2. The van der Waals surface area contributed by atoms with Crippen molar-refractivity contribution in [3.05, 3.63) is 84.0 Å². The van der Waals surface area contributed by atoms with Gasteiger partial charge in [-0.25, -0.2) is 9.59 Å². The number of ether oxygens (including phenoxy) is 6. The summed E-state index contributed by atoms with van der Waals surface area (Å²) in [5.74, 6) is 0.898. The highest BCUT2D eigenvalue weighted by Gasteiger charge is 2.09. The van der Waals surface area contributed by atoms with Crippen molar-refractivity contribution >= 4 is 11.9 Å². The molecule has 0 aliphatic rings. The Bertz CT molecular complexity index is 944. The van der Waals surface area contributed by atoms with Crippen LogP contribution in [0.15, 0.2) is 72.8 Å². The second-order valence-corrected chi connectivity index (χ2v) is 8.61. The molecule has 0 aliphatic carbocycles. The van der Waals surface area contributed by atoms with Crippen molar-refractivity contribution in [3.63, 3.8) is 0 Å². The molecule has 0 amide bonds. The molecule has 0 unspecified atom stereocenters. The van der Waals surface area contributed by atoms with Gasteiger partial charge in [0.05, 0.1) is 26.4 Å². The molecule has 38 heavy (non-hydrogen) atoms. The van der Waals surface area contributed by atoms with Gasteiger partial charge in [-0.3, -0.25) is 0 Å². The van der Waals surface area contributed by atoms with E-state index in [0.29, 0.717) is 50.8 Å². The van der Waals surface area contributed by atoms with Gasteiger partial charge < -0.3 is 28.4 Å². The summed E-state index contributed by atoms with van der Waals surface area (Å²) >= 11 is 0. The zero-order chi connectivity index (χ0) is 27.8. The first-order valence-electron chi connectivity index (χ1n) is 12.5. The number of rotatable bonds is 18. The Morgan fingerprint density at radius 1 is 0.605 bits per heavy atom. The number of benzene rings is 2. The standard InChI is InChI=1S/C30H38O8/c1-22(2)29(31)37-20-16-33-14-18-35-27-10-6-25(7-11-27)24(5)26-8-12-28(13-9-26)36-19-15-34-17-21-38-30(32)23(3)4/h6-13,24H,1,3,14-21H2,2,4-5H3. The average molecular weight is 527 g/mol. The topological polar surface area (TPSA) is 89.5 Å². The van der Waals surface area contributed by atoms with Crippen LogP contribution in [0.2, 0.25) is 0 Å². The maximum absolute atomic E-state index is 11.3. The van der Waals surface area contributed by atoms with Crippen LogP contribution >= 0.6 is 0 Å². The molecule has 0 saturated heterocycles. The lowest BCUT2D eigenvalue weighted by Gasteiger charge is -2.15. The zero-order valence-corrected chi connectivity index (χ0v) is 22.5. The Kier molecular flexibility index (Phi) is 13.7. The number of carbonyl (C=O) groups excluding carboxylic acids is 2. The molecule has 2 aromatic rings. The Labute approximate surface area is 225 Å². The molecule has 0 heterocycles. The summed E-state index contributed by atoms with van der Waals surface area (Å²) in [4.78, 5) is 22.6. The summed E-state index contributed by atoms with van der Waals surface area (Å²) in [6.07, 6.45) is 0. The van der Waals surface area contributed by atoms with Crippen molar-refractivity contribution in [2.75, 3.05) is 52.9 Å². The third kappa shape index (κ3) is 11.6. The SMILES string of the molecule is C=C(C)C(=O)OCCOCCOc1ccc(C(C)c2ccc(OCCOCCOC(=O)C(=C)C)cc2)cc1. The molecule has 0 fully saturated rings. The third-order valence-electron chi connectivity index (χ3n) is 5.37. The minimum Gasteiger partial charge on any atom is -0.491 e. The van der Waals surface area contributed by atoms with Crippen molar-refractivity contribution in [1.29, 1.82) is 0 Å². The van der Waals surface area contributed by atoms with Crippen LogP contribution in [0.4, 0.5) is 0 Å². The molecule has 0 spiro atoms. The highest BCUT2D eigenvalue weighted by molar-refractivity contribution is 5.87. The van der Waals surface area contributed by atoms with Crippen LogP contribution in [0.25, 0.3) is 0 Å². The molecule has 2 aromatic carbocycles. The van der Waals surface area contributed by atoms with E-state index in [1.54, 1.807) is 13.8 Å². The summed E-state index contributed by atoms with van der Waals surface area (Å²) in [5.41, 5.74) is 3.07. The summed E-state index contributed by atoms with van der Waals surface area (Å²) in [6.45, 7) is 15.0. The van der Waals surface area contributed by atoms with E-state index >= 15 is 0 Å². The largest absolute Gasteiger partial charge is 0.491 e. The monoisotopic (exact) mass is 526 g/mol.